The molecule has 0 spiro atoms. The highest BCUT2D eigenvalue weighted by Crippen LogP contribution is 2.32. The van der Waals surface area contributed by atoms with Crippen LogP contribution in [0.5, 0.6) is 5.75 Å². The summed E-state index contributed by atoms with van der Waals surface area (Å²) in [4.78, 5) is 4.26. The first-order valence-corrected chi connectivity index (χ1v) is 7.56. The lowest BCUT2D eigenvalue weighted by molar-refractivity contribution is 0.412. The Morgan fingerprint density at radius 2 is 1.95 bits per heavy atom. The summed E-state index contributed by atoms with van der Waals surface area (Å²) in [6, 6.07) is 8.51. The fourth-order valence-electron chi connectivity index (χ4n) is 2.15. The van der Waals surface area contributed by atoms with E-state index in [4.69, 9.17) is 10.5 Å². The van der Waals surface area contributed by atoms with E-state index in [0.717, 1.165) is 10.2 Å². The minimum atomic E-state index is -0.368. The summed E-state index contributed by atoms with van der Waals surface area (Å²) in [5.41, 5.74) is 7.93. The number of fused-ring (bicyclic) bond motifs is 1. The monoisotopic (exact) mass is 413 g/mol. The molecule has 0 saturated carbocycles. The van der Waals surface area contributed by atoms with Gasteiger partial charge in [0, 0.05) is 12.1 Å². The van der Waals surface area contributed by atoms with Gasteiger partial charge in [-0.25, -0.2) is 9.37 Å². The van der Waals surface area contributed by atoms with Crippen molar-refractivity contribution in [3.05, 3.63) is 45.1 Å². The van der Waals surface area contributed by atoms with Gasteiger partial charge in [0.25, 0.3) is 0 Å². The Balaban J connectivity index is 2.29. The molecule has 3 rings (SSSR count). The molecule has 0 bridgehead atoms. The summed E-state index contributed by atoms with van der Waals surface area (Å²) in [5.74, 6) is 0.575. The molecule has 108 valence electrons. The van der Waals surface area contributed by atoms with Crippen LogP contribution in [-0.2, 0) is 0 Å². The number of aromatic nitrogens is 2. The van der Waals surface area contributed by atoms with Gasteiger partial charge in [-0.2, -0.15) is 0 Å². The summed E-state index contributed by atoms with van der Waals surface area (Å²) in [6.07, 6.45) is 0. The average Bonchev–Trinajstić information content (AvgIpc) is 2.75. The minimum absolute atomic E-state index is 0.284. The molecule has 1 aromatic heterocycles. The third-order valence-electron chi connectivity index (χ3n) is 3.12. The van der Waals surface area contributed by atoms with Crippen molar-refractivity contribution in [2.24, 2.45) is 0 Å². The predicted molar refractivity (Wildman–Crippen MR) is 87.4 cm³/mol. The molecule has 0 radical (unpaired) electrons. The van der Waals surface area contributed by atoms with E-state index < -0.39 is 0 Å². The molecule has 0 amide bonds. The maximum atomic E-state index is 13.8. The van der Waals surface area contributed by atoms with E-state index in [0.29, 0.717) is 21.3 Å². The summed E-state index contributed by atoms with van der Waals surface area (Å²) in [5, 5.41) is 0. The molecule has 0 aliphatic rings. The first-order chi connectivity index (χ1) is 10.0. The van der Waals surface area contributed by atoms with Crippen molar-refractivity contribution in [2.75, 3.05) is 12.8 Å². The van der Waals surface area contributed by atoms with Gasteiger partial charge >= 0.3 is 0 Å². The molecule has 2 N–H and O–H groups in total. The Hall–Kier alpha value is -1.60. The van der Waals surface area contributed by atoms with Gasteiger partial charge in [-0.3, -0.25) is 4.57 Å². The molecule has 4 nitrogen and oxygen atoms in total. The second-order valence-electron chi connectivity index (χ2n) is 4.38. The fourth-order valence-corrected chi connectivity index (χ4v) is 2.89. The number of hydrogen-bond donors (Lipinski definition) is 1. The van der Waals surface area contributed by atoms with Crippen LogP contribution in [0.1, 0.15) is 0 Å². The van der Waals surface area contributed by atoms with Gasteiger partial charge in [0.2, 0.25) is 5.95 Å². The summed E-state index contributed by atoms with van der Waals surface area (Å²) in [6.45, 7) is 0. The first-order valence-electron chi connectivity index (χ1n) is 5.98. The zero-order chi connectivity index (χ0) is 15.1. The molecule has 2 aromatic carbocycles. The van der Waals surface area contributed by atoms with Crippen LogP contribution in [0.15, 0.2) is 39.3 Å². The molecule has 7 heteroatoms. The van der Waals surface area contributed by atoms with Crippen molar-refractivity contribution in [3.8, 4) is 11.4 Å². The smallest absolute Gasteiger partial charge is 0.205 e. The highest BCUT2D eigenvalue weighted by Gasteiger charge is 2.14. The van der Waals surface area contributed by atoms with E-state index in [1.165, 1.54) is 6.07 Å². The number of benzene rings is 2. The van der Waals surface area contributed by atoms with Crippen LogP contribution in [0.3, 0.4) is 0 Å². The molecule has 3 aromatic rings. The molecule has 0 aliphatic carbocycles. The molecule has 0 atom stereocenters. The van der Waals surface area contributed by atoms with E-state index in [9.17, 15) is 4.39 Å². The van der Waals surface area contributed by atoms with E-state index >= 15 is 0 Å². The van der Waals surface area contributed by atoms with Gasteiger partial charge in [0.1, 0.15) is 11.6 Å². The number of halogens is 3. The molecule has 0 saturated heterocycles. The van der Waals surface area contributed by atoms with Crippen molar-refractivity contribution in [3.63, 3.8) is 0 Å². The molecular weight excluding hydrogens is 405 g/mol. The summed E-state index contributed by atoms with van der Waals surface area (Å²) >= 11 is 6.54. The highest BCUT2D eigenvalue weighted by molar-refractivity contribution is 9.10. The Bertz CT molecular complexity index is 848. The number of imidazole rings is 1. The molecular formula is C14H10Br2FN3O. The summed E-state index contributed by atoms with van der Waals surface area (Å²) in [7, 11) is 1.58. The Labute approximate surface area is 137 Å². The molecule has 0 aliphatic heterocycles. The normalized spacial score (nSPS) is 11.0. The topological polar surface area (TPSA) is 53.1 Å². The van der Waals surface area contributed by atoms with Gasteiger partial charge < -0.3 is 10.5 Å². The van der Waals surface area contributed by atoms with Crippen LogP contribution in [0.2, 0.25) is 0 Å². The van der Waals surface area contributed by atoms with Crippen LogP contribution >= 0.6 is 31.9 Å². The maximum Gasteiger partial charge on any atom is 0.205 e. The van der Waals surface area contributed by atoms with Gasteiger partial charge in [0.15, 0.2) is 0 Å². The maximum absolute atomic E-state index is 13.8. The van der Waals surface area contributed by atoms with Crippen LogP contribution < -0.4 is 10.5 Å². The lowest BCUT2D eigenvalue weighted by Crippen LogP contribution is -2.01. The fraction of sp³-hybridized carbons (Fsp3) is 0.0714. The average molecular weight is 415 g/mol. The number of ether oxygens (including phenoxy) is 1. The third-order valence-corrected chi connectivity index (χ3v) is 4.38. The van der Waals surface area contributed by atoms with E-state index in [1.807, 2.05) is 18.2 Å². The van der Waals surface area contributed by atoms with Crippen LogP contribution in [0.25, 0.3) is 16.7 Å². The Morgan fingerprint density at radius 1 is 1.19 bits per heavy atom. The van der Waals surface area contributed by atoms with Crippen molar-refractivity contribution in [2.45, 2.75) is 0 Å². The first kappa shape index (κ1) is 14.3. The lowest BCUT2D eigenvalue weighted by Gasteiger charge is -2.10. The second-order valence-corrected chi connectivity index (χ2v) is 6.09. The van der Waals surface area contributed by atoms with Crippen LogP contribution in [-0.4, -0.2) is 16.7 Å². The molecule has 1 heterocycles. The van der Waals surface area contributed by atoms with Crippen molar-refractivity contribution < 1.29 is 9.13 Å². The van der Waals surface area contributed by atoms with Crippen LogP contribution in [0.4, 0.5) is 10.3 Å². The second kappa shape index (κ2) is 5.31. The van der Waals surface area contributed by atoms with Crippen molar-refractivity contribution in [1.82, 2.24) is 9.55 Å². The number of anilines is 1. The standard InChI is InChI=1S/C14H10Br2FN3O/c1-21-13-4-7(2-3-8(13)15)20-12-6-10(17)9(16)5-11(12)19-14(20)18/h2-6H,1H3,(H2,18,19). The van der Waals surface area contributed by atoms with Gasteiger partial charge in [-0.05, 0) is 50.1 Å². The van der Waals surface area contributed by atoms with Crippen LogP contribution in [0, 0.1) is 5.82 Å². The Kier molecular flexibility index (Phi) is 3.62. The van der Waals surface area contributed by atoms with Gasteiger partial charge in [-0.15, -0.1) is 0 Å². The van der Waals surface area contributed by atoms with E-state index in [2.05, 4.69) is 36.8 Å². The number of rotatable bonds is 2. The molecule has 0 unspecified atom stereocenters. The number of methoxy groups -OCH3 is 1. The zero-order valence-corrected chi connectivity index (χ0v) is 14.1. The minimum Gasteiger partial charge on any atom is -0.495 e. The van der Waals surface area contributed by atoms with E-state index in [-0.39, 0.29) is 11.8 Å². The number of hydrogen-bond acceptors (Lipinski definition) is 3. The highest BCUT2D eigenvalue weighted by atomic mass is 79.9. The zero-order valence-electron chi connectivity index (χ0n) is 10.9. The van der Waals surface area contributed by atoms with Gasteiger partial charge in [0.05, 0.1) is 32.8 Å². The lowest BCUT2D eigenvalue weighted by atomic mass is 10.2. The number of nitrogens with two attached hydrogens (primary N) is 1. The quantitative estimate of drug-likeness (QED) is 0.680. The summed E-state index contributed by atoms with van der Waals surface area (Å²) < 4.78 is 21.9. The molecule has 21 heavy (non-hydrogen) atoms. The van der Waals surface area contributed by atoms with Gasteiger partial charge in [-0.1, -0.05) is 0 Å². The van der Waals surface area contributed by atoms with E-state index in [1.54, 1.807) is 17.7 Å². The Morgan fingerprint density at radius 3 is 2.67 bits per heavy atom. The molecule has 0 fully saturated rings. The SMILES string of the molecule is COc1cc(-n2c(N)nc3cc(Br)c(F)cc32)ccc1Br. The third kappa shape index (κ3) is 2.40. The number of nitrogen functional groups attached to an aromatic ring is 1. The predicted octanol–water partition coefficient (Wildman–Crippen LogP) is 4.28. The van der Waals surface area contributed by atoms with Crippen molar-refractivity contribution >= 4 is 48.8 Å². The number of nitrogens with zero attached hydrogens (tertiary/aromatic N) is 2. The van der Waals surface area contributed by atoms with Crippen molar-refractivity contribution in [1.29, 1.82) is 0 Å². The largest absolute Gasteiger partial charge is 0.495 e.